The molecule has 4 nitrogen and oxygen atoms in total. The van der Waals surface area contributed by atoms with Crippen LogP contribution in [0.1, 0.15) is 0 Å². The zero-order valence-electron chi connectivity index (χ0n) is 17.5. The molecule has 0 atom stereocenters. The first-order valence-corrected chi connectivity index (χ1v) is 11.6. The maximum Gasteiger partial charge on any atom is 0.283 e. The lowest BCUT2D eigenvalue weighted by atomic mass is 10.1. The van der Waals surface area contributed by atoms with Gasteiger partial charge < -0.3 is 4.57 Å². The fourth-order valence-corrected chi connectivity index (χ4v) is 5.74. The monoisotopic (exact) mass is 443 g/mol. The van der Waals surface area contributed by atoms with Crippen molar-refractivity contribution in [1.29, 1.82) is 0 Å². The molecule has 0 aliphatic heterocycles. The fourth-order valence-electron chi connectivity index (χ4n) is 4.69. The molecule has 0 aliphatic rings. The summed E-state index contributed by atoms with van der Waals surface area (Å²) in [4.78, 5) is 19.7. The molecule has 3 aromatic heterocycles. The number of para-hydroxylation sites is 2. The first kappa shape index (κ1) is 18.4. The molecular weight excluding hydrogens is 426 g/mol. The van der Waals surface area contributed by atoms with Crippen LogP contribution in [0.3, 0.4) is 0 Å². The van der Waals surface area contributed by atoms with Gasteiger partial charge in [-0.1, -0.05) is 84.1 Å². The number of hydrogen-bond acceptors (Lipinski definition) is 3. The quantitative estimate of drug-likeness (QED) is 0.299. The molecule has 0 N–H and O–H groups in total. The number of aromatic nitrogens is 3. The lowest BCUT2D eigenvalue weighted by Gasteiger charge is -2.07. The maximum absolute atomic E-state index is 14.0. The highest BCUT2D eigenvalue weighted by molar-refractivity contribution is 7.23. The lowest BCUT2D eigenvalue weighted by molar-refractivity contribution is 1.10. The number of thiazole rings is 1. The normalized spacial score (nSPS) is 11.8. The Balaban J connectivity index is 1.61. The Morgan fingerprint density at radius 2 is 1.42 bits per heavy atom. The van der Waals surface area contributed by atoms with Crippen molar-refractivity contribution in [2.45, 2.75) is 0 Å². The van der Waals surface area contributed by atoms with Gasteiger partial charge in [0, 0.05) is 11.1 Å². The van der Waals surface area contributed by atoms with Crippen molar-refractivity contribution in [1.82, 2.24) is 14.0 Å². The largest absolute Gasteiger partial charge is 0.303 e. The second-order valence-corrected chi connectivity index (χ2v) is 9.08. The molecule has 0 saturated carbocycles. The average molecular weight is 444 g/mol. The minimum Gasteiger partial charge on any atom is -0.303 e. The average Bonchev–Trinajstić information content (AvgIpc) is 3.41. The van der Waals surface area contributed by atoms with Crippen LogP contribution in [0.15, 0.2) is 108 Å². The maximum atomic E-state index is 14.0. The van der Waals surface area contributed by atoms with Crippen LogP contribution < -0.4 is 5.56 Å². The van der Waals surface area contributed by atoms with Crippen LogP contribution in [-0.4, -0.2) is 14.0 Å². The van der Waals surface area contributed by atoms with Crippen LogP contribution in [-0.2, 0) is 0 Å². The molecule has 4 aromatic carbocycles. The Bertz CT molecular complexity index is 1880. The third kappa shape index (κ3) is 2.63. The zero-order valence-corrected chi connectivity index (χ0v) is 18.3. The second-order valence-electron chi connectivity index (χ2n) is 8.07. The molecule has 0 spiro atoms. The molecular formula is C28H17N3OS. The summed E-state index contributed by atoms with van der Waals surface area (Å²) in [6.07, 6.45) is 0. The van der Waals surface area contributed by atoms with Crippen LogP contribution in [0, 0.1) is 0 Å². The fraction of sp³-hybridized carbons (Fsp3) is 0. The molecule has 7 aromatic rings. The van der Waals surface area contributed by atoms with E-state index in [9.17, 15) is 4.79 Å². The third-order valence-electron chi connectivity index (χ3n) is 6.18. The van der Waals surface area contributed by atoms with Gasteiger partial charge >= 0.3 is 0 Å². The highest BCUT2D eigenvalue weighted by atomic mass is 32.1. The van der Waals surface area contributed by atoms with Crippen LogP contribution in [0.25, 0.3) is 53.9 Å². The minimum absolute atomic E-state index is 0.0474. The van der Waals surface area contributed by atoms with Crippen molar-refractivity contribution in [3.05, 3.63) is 113 Å². The van der Waals surface area contributed by atoms with Crippen molar-refractivity contribution in [2.75, 3.05) is 0 Å². The summed E-state index contributed by atoms with van der Waals surface area (Å²) in [5, 5.41) is 0.985. The van der Waals surface area contributed by atoms with Gasteiger partial charge in [0.1, 0.15) is 11.0 Å². The summed E-state index contributed by atoms with van der Waals surface area (Å²) in [7, 11) is 0. The Labute approximate surface area is 192 Å². The molecule has 33 heavy (non-hydrogen) atoms. The molecule has 0 unspecified atom stereocenters. The van der Waals surface area contributed by atoms with Gasteiger partial charge in [0.25, 0.3) is 5.56 Å². The van der Waals surface area contributed by atoms with E-state index in [1.165, 1.54) is 0 Å². The number of rotatable bonds is 2. The number of hydrogen-bond donors (Lipinski definition) is 0. The molecule has 0 bridgehead atoms. The van der Waals surface area contributed by atoms with Gasteiger partial charge in [0.15, 0.2) is 4.96 Å². The number of benzene rings is 4. The van der Waals surface area contributed by atoms with Crippen LogP contribution in [0.2, 0.25) is 0 Å². The highest BCUT2D eigenvalue weighted by Gasteiger charge is 2.20. The summed E-state index contributed by atoms with van der Waals surface area (Å²) >= 11 is 1.56. The van der Waals surface area contributed by atoms with E-state index in [4.69, 9.17) is 4.98 Å². The van der Waals surface area contributed by atoms with Crippen molar-refractivity contribution in [3.63, 3.8) is 0 Å². The van der Waals surface area contributed by atoms with Crippen LogP contribution >= 0.6 is 11.3 Å². The van der Waals surface area contributed by atoms with Gasteiger partial charge in [-0.2, -0.15) is 0 Å². The zero-order chi connectivity index (χ0) is 21.9. The minimum atomic E-state index is -0.0474. The Hall–Kier alpha value is -4.22. The van der Waals surface area contributed by atoms with E-state index in [1.54, 1.807) is 15.7 Å². The molecule has 0 amide bonds. The standard InChI is InChI=1S/C28H17N3OS/c32-27-26-25(21-13-7-8-14-22(21)30(26)20-11-5-2-6-12-20)29-28-31(27)23-16-15-19(17-24(23)33-28)18-9-3-1-4-10-18/h1-17H. The van der Waals surface area contributed by atoms with E-state index in [0.29, 0.717) is 10.5 Å². The second kappa shape index (κ2) is 6.89. The van der Waals surface area contributed by atoms with Gasteiger partial charge in [0.2, 0.25) is 0 Å². The highest BCUT2D eigenvalue weighted by Crippen LogP contribution is 2.33. The van der Waals surface area contributed by atoms with Crippen molar-refractivity contribution < 1.29 is 0 Å². The molecule has 0 aliphatic carbocycles. The van der Waals surface area contributed by atoms with Gasteiger partial charge in [-0.3, -0.25) is 4.79 Å². The number of nitrogens with zero attached hydrogens (tertiary/aromatic N) is 3. The summed E-state index contributed by atoms with van der Waals surface area (Å²) in [5.74, 6) is 0. The van der Waals surface area contributed by atoms with E-state index in [-0.39, 0.29) is 5.56 Å². The smallest absolute Gasteiger partial charge is 0.283 e. The van der Waals surface area contributed by atoms with Gasteiger partial charge in [-0.05, 0) is 41.5 Å². The SMILES string of the molecule is O=c1c2c(nc3sc4cc(-c5ccccc5)ccc4n13)c1ccccc1n2-c1ccccc1. The summed E-state index contributed by atoms with van der Waals surface area (Å²) in [6, 6.07) is 34.7. The topological polar surface area (TPSA) is 39.3 Å². The predicted octanol–water partition coefficient (Wildman–Crippen LogP) is 6.67. The van der Waals surface area contributed by atoms with E-state index in [0.717, 1.165) is 43.5 Å². The van der Waals surface area contributed by atoms with Gasteiger partial charge in [0.05, 0.1) is 15.7 Å². The van der Waals surface area contributed by atoms with Crippen molar-refractivity contribution in [2.24, 2.45) is 0 Å². The molecule has 7 rings (SSSR count). The van der Waals surface area contributed by atoms with Gasteiger partial charge in [-0.15, -0.1) is 0 Å². The van der Waals surface area contributed by atoms with Crippen molar-refractivity contribution in [3.8, 4) is 16.8 Å². The first-order valence-electron chi connectivity index (χ1n) is 10.8. The summed E-state index contributed by atoms with van der Waals surface area (Å²) in [5.41, 5.74) is 6.41. The molecule has 5 heteroatoms. The summed E-state index contributed by atoms with van der Waals surface area (Å²) < 4.78 is 4.84. The Morgan fingerprint density at radius 1 is 0.697 bits per heavy atom. The van der Waals surface area contributed by atoms with E-state index >= 15 is 0 Å². The van der Waals surface area contributed by atoms with E-state index in [2.05, 4.69) is 24.3 Å². The van der Waals surface area contributed by atoms with E-state index in [1.807, 2.05) is 83.4 Å². The third-order valence-corrected chi connectivity index (χ3v) is 7.18. The molecule has 3 heterocycles. The number of fused-ring (bicyclic) bond motifs is 6. The Morgan fingerprint density at radius 3 is 2.24 bits per heavy atom. The molecule has 0 radical (unpaired) electrons. The van der Waals surface area contributed by atoms with Crippen LogP contribution in [0.5, 0.6) is 0 Å². The molecule has 156 valence electrons. The predicted molar refractivity (Wildman–Crippen MR) is 137 cm³/mol. The molecule has 0 saturated heterocycles. The lowest BCUT2D eigenvalue weighted by Crippen LogP contribution is -2.16. The molecule has 0 fully saturated rings. The Kier molecular flexibility index (Phi) is 3.83. The first-order chi connectivity index (χ1) is 16.3. The van der Waals surface area contributed by atoms with E-state index < -0.39 is 0 Å². The van der Waals surface area contributed by atoms with Gasteiger partial charge in [-0.25, -0.2) is 9.38 Å². The van der Waals surface area contributed by atoms with Crippen molar-refractivity contribution >= 4 is 48.5 Å². The van der Waals surface area contributed by atoms with Crippen LogP contribution in [0.4, 0.5) is 0 Å². The summed E-state index contributed by atoms with van der Waals surface area (Å²) in [6.45, 7) is 0.